The number of anilines is 1. The van der Waals surface area contributed by atoms with E-state index in [1.165, 1.54) is 17.0 Å². The topological polar surface area (TPSA) is 78.9 Å². The fraction of sp³-hybridized carbons (Fsp3) is 0.200. The van der Waals surface area contributed by atoms with Gasteiger partial charge in [0.15, 0.2) is 5.54 Å². The van der Waals surface area contributed by atoms with Crippen LogP contribution in [0.25, 0.3) is 0 Å². The van der Waals surface area contributed by atoms with Gasteiger partial charge in [-0.3, -0.25) is 14.9 Å². The number of nitrogens with one attached hydrogen (secondary N) is 1. The Balaban J connectivity index is 1.60. The summed E-state index contributed by atoms with van der Waals surface area (Å²) in [4.78, 5) is 30.8. The Labute approximate surface area is 274 Å². The van der Waals surface area contributed by atoms with Crippen LogP contribution in [0.3, 0.4) is 0 Å². The quantitative estimate of drug-likeness (QED) is 0.148. The molecule has 5 aromatic carbocycles. The fourth-order valence-electron chi connectivity index (χ4n) is 6.71. The molecular weight excluding hydrogens is 591 g/mol. The van der Waals surface area contributed by atoms with Gasteiger partial charge in [-0.05, 0) is 59.4 Å². The summed E-state index contributed by atoms with van der Waals surface area (Å²) in [6.45, 7) is 3.72. The zero-order valence-corrected chi connectivity index (χ0v) is 26.4. The summed E-state index contributed by atoms with van der Waals surface area (Å²) in [5, 5.41) is 14.9. The molecule has 2 atom stereocenters. The van der Waals surface area contributed by atoms with Crippen LogP contribution < -0.4 is 10.2 Å². The number of carbonyl (C=O) groups is 2. The van der Waals surface area contributed by atoms with Gasteiger partial charge >= 0.3 is 5.97 Å². The lowest BCUT2D eigenvalue weighted by Crippen LogP contribution is -2.70. The molecule has 2 N–H and O–H groups in total. The number of aryl methyl sites for hydroxylation is 1. The number of hydrogen-bond donors (Lipinski definition) is 2. The van der Waals surface area contributed by atoms with Gasteiger partial charge < -0.3 is 14.7 Å². The highest BCUT2D eigenvalue weighted by molar-refractivity contribution is 6.11. The molecular formula is C40H37FN2O4. The van der Waals surface area contributed by atoms with E-state index in [0.29, 0.717) is 5.69 Å². The molecule has 7 heteroatoms. The lowest BCUT2D eigenvalue weighted by Gasteiger charge is -2.46. The second-order valence-electron chi connectivity index (χ2n) is 11.9. The van der Waals surface area contributed by atoms with Crippen LogP contribution in [0.4, 0.5) is 10.1 Å². The van der Waals surface area contributed by atoms with E-state index in [1.807, 2.05) is 122 Å². The lowest BCUT2D eigenvalue weighted by atomic mass is 9.72. The summed E-state index contributed by atoms with van der Waals surface area (Å²) in [5.74, 6) is -2.46. The first-order valence-corrected chi connectivity index (χ1v) is 15.8. The normalized spacial score (nSPS) is 17.0. The van der Waals surface area contributed by atoms with E-state index in [0.717, 1.165) is 27.8 Å². The molecule has 0 fully saturated rings. The first-order chi connectivity index (χ1) is 22.8. The maximum atomic E-state index is 15.3. The summed E-state index contributed by atoms with van der Waals surface area (Å²) in [7, 11) is 0. The first-order valence-electron chi connectivity index (χ1n) is 15.8. The van der Waals surface area contributed by atoms with Crippen molar-refractivity contribution in [2.75, 3.05) is 4.90 Å². The molecule has 0 bridgehead atoms. The maximum Gasteiger partial charge on any atom is 0.327 e. The molecule has 6 nitrogen and oxygen atoms in total. The summed E-state index contributed by atoms with van der Waals surface area (Å²) < 4.78 is 22.2. The Morgan fingerprint density at radius 3 is 2.02 bits per heavy atom. The van der Waals surface area contributed by atoms with Crippen LogP contribution in [0.1, 0.15) is 52.8 Å². The van der Waals surface area contributed by atoms with Crippen molar-refractivity contribution in [1.29, 1.82) is 0 Å². The standard InChI is InChI=1S/C40H37FN2O4/c1-3-39(38(45)46,42-36(30-18-9-5-10-19-30)31-20-11-6-12-21-31)40(47-27-32-22-14-13-15-28(32)2)34-25-33(41)23-24-35(34)43(37(40)44)26-29-16-7-4-8-17-29/h4-25,36,42H,3,26-27H2,1-2H3,(H,45,46)/t39-,40?/m0/s1. The van der Waals surface area contributed by atoms with Gasteiger partial charge in [-0.1, -0.05) is 122 Å². The monoisotopic (exact) mass is 628 g/mol. The molecule has 0 saturated heterocycles. The molecule has 1 unspecified atom stereocenters. The number of carbonyl (C=O) groups excluding carboxylic acids is 1. The average molecular weight is 629 g/mol. The first kappa shape index (κ1) is 31.9. The molecule has 1 aliphatic heterocycles. The van der Waals surface area contributed by atoms with Crippen LogP contribution in [0.5, 0.6) is 0 Å². The number of halogens is 1. The number of amides is 1. The van der Waals surface area contributed by atoms with Crippen LogP contribution >= 0.6 is 0 Å². The zero-order chi connectivity index (χ0) is 33.0. The SMILES string of the molecule is CC[C@](NC(c1ccccc1)c1ccccc1)(C(=O)O)C1(OCc2ccccc2C)C(=O)N(Cc2ccccc2)c2ccc(F)cc21. The molecule has 0 aliphatic carbocycles. The Morgan fingerprint density at radius 1 is 0.872 bits per heavy atom. The molecule has 1 heterocycles. The van der Waals surface area contributed by atoms with Crippen molar-refractivity contribution in [2.24, 2.45) is 0 Å². The number of hydrogen-bond acceptors (Lipinski definition) is 4. The minimum atomic E-state index is -2.16. The van der Waals surface area contributed by atoms with Crippen molar-refractivity contribution in [1.82, 2.24) is 5.32 Å². The average Bonchev–Trinajstić information content (AvgIpc) is 3.32. The molecule has 0 aromatic heterocycles. The van der Waals surface area contributed by atoms with E-state index in [-0.39, 0.29) is 25.1 Å². The number of aliphatic carboxylic acids is 1. The van der Waals surface area contributed by atoms with Gasteiger partial charge in [0.25, 0.3) is 5.91 Å². The van der Waals surface area contributed by atoms with Crippen molar-refractivity contribution in [3.05, 3.63) is 173 Å². The summed E-state index contributed by atoms with van der Waals surface area (Å²) in [6, 6.07) is 39.5. The minimum Gasteiger partial charge on any atom is -0.480 e. The Kier molecular flexibility index (Phi) is 9.03. The second-order valence-corrected chi connectivity index (χ2v) is 11.9. The van der Waals surface area contributed by atoms with E-state index in [4.69, 9.17) is 4.74 Å². The third-order valence-electron chi connectivity index (χ3n) is 9.22. The predicted octanol–water partition coefficient (Wildman–Crippen LogP) is 7.71. The zero-order valence-electron chi connectivity index (χ0n) is 26.4. The maximum absolute atomic E-state index is 15.3. The highest BCUT2D eigenvalue weighted by Gasteiger charge is 2.68. The highest BCUT2D eigenvalue weighted by Crippen LogP contribution is 2.52. The largest absolute Gasteiger partial charge is 0.480 e. The smallest absolute Gasteiger partial charge is 0.327 e. The van der Waals surface area contributed by atoms with Gasteiger partial charge in [0.2, 0.25) is 5.60 Å². The Morgan fingerprint density at radius 2 is 1.45 bits per heavy atom. The van der Waals surface area contributed by atoms with Crippen LogP contribution in [0.2, 0.25) is 0 Å². The van der Waals surface area contributed by atoms with Gasteiger partial charge in [-0.25, -0.2) is 4.39 Å². The summed E-state index contributed by atoms with van der Waals surface area (Å²) in [6.07, 6.45) is -0.0624. The van der Waals surface area contributed by atoms with Crippen molar-refractivity contribution >= 4 is 17.6 Å². The van der Waals surface area contributed by atoms with Gasteiger partial charge in [0, 0.05) is 5.56 Å². The number of rotatable bonds is 12. The molecule has 1 aliphatic rings. The molecule has 5 aromatic rings. The van der Waals surface area contributed by atoms with E-state index in [2.05, 4.69) is 5.32 Å². The number of carboxylic acids is 1. The molecule has 47 heavy (non-hydrogen) atoms. The summed E-state index contributed by atoms with van der Waals surface area (Å²) in [5.41, 5.74) is 0.507. The minimum absolute atomic E-state index is 0.0624. The van der Waals surface area contributed by atoms with Gasteiger partial charge in [-0.15, -0.1) is 0 Å². The van der Waals surface area contributed by atoms with Crippen LogP contribution in [-0.4, -0.2) is 22.5 Å². The Bertz CT molecular complexity index is 1830. The number of ether oxygens (including phenoxy) is 1. The predicted molar refractivity (Wildman–Crippen MR) is 180 cm³/mol. The van der Waals surface area contributed by atoms with Crippen LogP contribution in [-0.2, 0) is 33.1 Å². The molecule has 0 saturated carbocycles. The van der Waals surface area contributed by atoms with Crippen molar-refractivity contribution in [3.8, 4) is 0 Å². The van der Waals surface area contributed by atoms with Crippen LogP contribution in [0.15, 0.2) is 133 Å². The molecule has 0 spiro atoms. The van der Waals surface area contributed by atoms with Crippen LogP contribution in [0, 0.1) is 12.7 Å². The fourth-order valence-corrected chi connectivity index (χ4v) is 6.71. The van der Waals surface area contributed by atoms with E-state index in [1.54, 1.807) is 13.0 Å². The molecule has 0 radical (unpaired) electrons. The Hall–Kier alpha value is -5.11. The van der Waals surface area contributed by atoms with Gasteiger partial charge in [-0.2, -0.15) is 0 Å². The van der Waals surface area contributed by atoms with E-state index < -0.39 is 34.9 Å². The lowest BCUT2D eigenvalue weighted by molar-refractivity contribution is -0.181. The summed E-state index contributed by atoms with van der Waals surface area (Å²) >= 11 is 0. The molecule has 6 rings (SSSR count). The van der Waals surface area contributed by atoms with Crippen molar-refractivity contribution in [3.63, 3.8) is 0 Å². The number of fused-ring (bicyclic) bond motifs is 1. The third-order valence-corrected chi connectivity index (χ3v) is 9.22. The third kappa shape index (κ3) is 5.73. The van der Waals surface area contributed by atoms with E-state index >= 15 is 9.18 Å². The molecule has 1 amide bonds. The molecule has 238 valence electrons. The number of benzene rings is 5. The number of carboxylic acid groups (broad SMARTS) is 1. The second kappa shape index (κ2) is 13.3. The van der Waals surface area contributed by atoms with Gasteiger partial charge in [0.05, 0.1) is 24.9 Å². The number of nitrogens with zero attached hydrogens (tertiary/aromatic N) is 1. The van der Waals surface area contributed by atoms with E-state index in [9.17, 15) is 9.90 Å². The van der Waals surface area contributed by atoms with Gasteiger partial charge in [0.1, 0.15) is 5.82 Å². The van der Waals surface area contributed by atoms with Crippen molar-refractivity contribution < 1.29 is 23.8 Å². The van der Waals surface area contributed by atoms with Crippen molar-refractivity contribution in [2.45, 2.75) is 50.6 Å². The highest BCUT2D eigenvalue weighted by atomic mass is 19.1.